The van der Waals surface area contributed by atoms with E-state index in [1.54, 1.807) is 13.0 Å². The maximum atomic E-state index is 13.8. The predicted molar refractivity (Wildman–Crippen MR) is 86.8 cm³/mol. The Morgan fingerprint density at radius 1 is 1.52 bits per heavy atom. The minimum Gasteiger partial charge on any atom is -0.350 e. The van der Waals surface area contributed by atoms with Gasteiger partial charge in [0.25, 0.3) is 5.91 Å². The van der Waals surface area contributed by atoms with E-state index in [0.717, 1.165) is 17.5 Å². The van der Waals surface area contributed by atoms with E-state index in [4.69, 9.17) is 5.73 Å². The van der Waals surface area contributed by atoms with Crippen LogP contribution in [0, 0.1) is 18.7 Å². The molecule has 0 spiro atoms. The van der Waals surface area contributed by atoms with Crippen LogP contribution in [-0.2, 0) is 0 Å². The quantitative estimate of drug-likeness (QED) is 0.905. The topological polar surface area (TPSA) is 55.1 Å². The lowest BCUT2D eigenvalue weighted by molar-refractivity contribution is 0.0954. The highest BCUT2D eigenvalue weighted by Gasteiger charge is 2.28. The number of rotatable bonds is 4. The van der Waals surface area contributed by atoms with Gasteiger partial charge in [-0.25, -0.2) is 4.39 Å². The summed E-state index contributed by atoms with van der Waals surface area (Å²) in [5.74, 6) is 0.125. The summed E-state index contributed by atoms with van der Waals surface area (Å²) in [5.41, 5.74) is 6.68. The molecule has 1 atom stereocenters. The van der Waals surface area contributed by atoms with Crippen molar-refractivity contribution in [3.8, 4) is 0 Å². The van der Waals surface area contributed by atoms with Crippen LogP contribution in [0.3, 0.4) is 0 Å². The van der Waals surface area contributed by atoms with Gasteiger partial charge < -0.3 is 11.1 Å². The third kappa shape index (κ3) is 3.20. The van der Waals surface area contributed by atoms with Crippen LogP contribution < -0.4 is 11.1 Å². The Morgan fingerprint density at radius 3 is 2.86 bits per heavy atom. The molecule has 3 nitrogen and oxygen atoms in total. The van der Waals surface area contributed by atoms with Gasteiger partial charge in [-0.1, -0.05) is 6.07 Å². The van der Waals surface area contributed by atoms with Crippen LogP contribution in [0.4, 0.5) is 4.39 Å². The molecule has 0 saturated heterocycles. The summed E-state index contributed by atoms with van der Waals surface area (Å²) in [6, 6.07) is 4.96. The van der Waals surface area contributed by atoms with E-state index in [9.17, 15) is 9.18 Å². The molecule has 1 saturated carbocycles. The molecule has 0 bridgehead atoms. The predicted octanol–water partition coefficient (Wildman–Crippen LogP) is 3.24. The fourth-order valence-electron chi connectivity index (χ4n) is 2.45. The Labute approximate surface area is 133 Å². The van der Waals surface area contributed by atoms with Crippen molar-refractivity contribution in [1.29, 1.82) is 0 Å². The molecule has 6 heteroatoms. The maximum Gasteiger partial charge on any atom is 0.261 e. The first kappa shape index (κ1) is 16.2. The molecule has 1 aromatic carbocycles. The number of carbonyl (C=O) groups is 1. The number of hydrogen-bond acceptors (Lipinski definition) is 3. The molecule has 3 N–H and O–H groups in total. The van der Waals surface area contributed by atoms with Gasteiger partial charge in [-0.05, 0) is 43.4 Å². The second-order valence-electron chi connectivity index (χ2n) is 5.38. The molecule has 0 aliphatic heterocycles. The summed E-state index contributed by atoms with van der Waals surface area (Å²) in [5, 5.41) is 3.42. The lowest BCUT2D eigenvalue weighted by Crippen LogP contribution is -2.38. The van der Waals surface area contributed by atoms with Crippen molar-refractivity contribution in [3.05, 3.63) is 34.5 Å². The first-order valence-electron chi connectivity index (χ1n) is 6.79. The zero-order valence-electron chi connectivity index (χ0n) is 11.7. The van der Waals surface area contributed by atoms with E-state index in [-0.39, 0.29) is 30.2 Å². The number of halogens is 2. The number of aryl methyl sites for hydroxylation is 1. The van der Waals surface area contributed by atoms with Crippen LogP contribution >= 0.6 is 23.7 Å². The minimum absolute atomic E-state index is 0. The Balaban J connectivity index is 0.00000161. The number of carbonyl (C=O) groups excluding carboxylic acids is 1. The number of hydrogen-bond donors (Lipinski definition) is 2. The molecule has 1 aliphatic rings. The van der Waals surface area contributed by atoms with Gasteiger partial charge in [0.15, 0.2) is 0 Å². The fraction of sp³-hybridized carbons (Fsp3) is 0.400. The molecular weight excluding hydrogens is 311 g/mol. The normalized spacial score (nSPS) is 15.6. The Bertz CT molecular complexity index is 669. The largest absolute Gasteiger partial charge is 0.350 e. The fourth-order valence-corrected chi connectivity index (χ4v) is 3.59. The second kappa shape index (κ2) is 6.30. The second-order valence-corrected chi connectivity index (χ2v) is 6.43. The summed E-state index contributed by atoms with van der Waals surface area (Å²) in [6.45, 7) is 2.28. The third-order valence-electron chi connectivity index (χ3n) is 3.84. The number of amides is 1. The number of benzene rings is 1. The Hall–Kier alpha value is -1.17. The SMILES string of the molecule is Cc1c(C(=O)NCC(N)C2CC2)sc2cccc(F)c12.Cl. The van der Waals surface area contributed by atoms with Crippen LogP contribution in [-0.4, -0.2) is 18.5 Å². The van der Waals surface area contributed by atoms with Gasteiger partial charge in [-0.2, -0.15) is 0 Å². The smallest absolute Gasteiger partial charge is 0.261 e. The minimum atomic E-state index is -0.273. The molecule has 2 aromatic rings. The zero-order chi connectivity index (χ0) is 14.3. The van der Waals surface area contributed by atoms with E-state index >= 15 is 0 Å². The average molecular weight is 329 g/mol. The molecule has 1 unspecified atom stereocenters. The van der Waals surface area contributed by atoms with Gasteiger partial charge in [-0.15, -0.1) is 23.7 Å². The third-order valence-corrected chi connectivity index (χ3v) is 5.09. The van der Waals surface area contributed by atoms with Gasteiger partial charge in [0, 0.05) is 22.7 Å². The summed E-state index contributed by atoms with van der Waals surface area (Å²) < 4.78 is 14.6. The highest BCUT2D eigenvalue weighted by atomic mass is 35.5. The molecule has 3 rings (SSSR count). The van der Waals surface area contributed by atoms with E-state index in [0.29, 0.717) is 28.3 Å². The van der Waals surface area contributed by atoms with Crippen molar-refractivity contribution >= 4 is 39.7 Å². The average Bonchev–Trinajstić information content (AvgIpc) is 3.21. The summed E-state index contributed by atoms with van der Waals surface area (Å²) in [4.78, 5) is 12.8. The lowest BCUT2D eigenvalue weighted by Gasteiger charge is -2.11. The summed E-state index contributed by atoms with van der Waals surface area (Å²) in [7, 11) is 0. The van der Waals surface area contributed by atoms with Crippen molar-refractivity contribution in [2.45, 2.75) is 25.8 Å². The van der Waals surface area contributed by atoms with Crippen molar-refractivity contribution in [2.75, 3.05) is 6.54 Å². The van der Waals surface area contributed by atoms with Gasteiger partial charge in [-0.3, -0.25) is 4.79 Å². The van der Waals surface area contributed by atoms with Crippen molar-refractivity contribution in [3.63, 3.8) is 0 Å². The summed E-state index contributed by atoms with van der Waals surface area (Å²) in [6.07, 6.45) is 2.31. The molecule has 114 valence electrons. The van der Waals surface area contributed by atoms with Gasteiger partial charge in [0.1, 0.15) is 5.82 Å². The lowest BCUT2D eigenvalue weighted by atomic mass is 10.1. The van der Waals surface area contributed by atoms with Gasteiger partial charge >= 0.3 is 0 Å². The van der Waals surface area contributed by atoms with Crippen LogP contribution in [0.15, 0.2) is 18.2 Å². The molecule has 1 aliphatic carbocycles. The van der Waals surface area contributed by atoms with E-state index in [1.807, 2.05) is 6.07 Å². The van der Waals surface area contributed by atoms with Crippen molar-refractivity contribution in [1.82, 2.24) is 5.32 Å². The van der Waals surface area contributed by atoms with E-state index < -0.39 is 0 Å². The highest BCUT2D eigenvalue weighted by Crippen LogP contribution is 2.33. The van der Waals surface area contributed by atoms with Crippen LogP contribution in [0.25, 0.3) is 10.1 Å². The number of nitrogens with one attached hydrogen (secondary N) is 1. The highest BCUT2D eigenvalue weighted by molar-refractivity contribution is 7.21. The van der Waals surface area contributed by atoms with E-state index in [1.165, 1.54) is 17.4 Å². The zero-order valence-corrected chi connectivity index (χ0v) is 13.3. The van der Waals surface area contributed by atoms with Crippen molar-refractivity contribution in [2.24, 2.45) is 11.7 Å². The summed E-state index contributed by atoms with van der Waals surface area (Å²) >= 11 is 1.33. The number of nitrogens with two attached hydrogens (primary N) is 1. The van der Waals surface area contributed by atoms with Crippen LogP contribution in [0.5, 0.6) is 0 Å². The molecule has 0 radical (unpaired) electrons. The molecule has 1 heterocycles. The van der Waals surface area contributed by atoms with Gasteiger partial charge in [0.05, 0.1) is 4.88 Å². The van der Waals surface area contributed by atoms with E-state index in [2.05, 4.69) is 5.32 Å². The standard InChI is InChI=1S/C15H17FN2OS.ClH/c1-8-13-10(16)3-2-4-12(13)20-14(8)15(19)18-7-11(17)9-5-6-9;/h2-4,9,11H,5-7,17H2,1H3,(H,18,19);1H. The Morgan fingerprint density at radius 2 is 2.24 bits per heavy atom. The van der Waals surface area contributed by atoms with Gasteiger partial charge in [0.2, 0.25) is 0 Å². The molecule has 21 heavy (non-hydrogen) atoms. The first-order chi connectivity index (χ1) is 9.58. The maximum absolute atomic E-state index is 13.8. The van der Waals surface area contributed by atoms with Crippen molar-refractivity contribution < 1.29 is 9.18 Å². The molecular formula is C15H18ClFN2OS. The van der Waals surface area contributed by atoms with Crippen LogP contribution in [0.1, 0.15) is 28.1 Å². The molecule has 1 amide bonds. The molecule has 1 fully saturated rings. The number of thiophene rings is 1. The number of fused-ring (bicyclic) bond motifs is 1. The monoisotopic (exact) mass is 328 g/mol. The molecule has 1 aromatic heterocycles. The van der Waals surface area contributed by atoms with Crippen LogP contribution in [0.2, 0.25) is 0 Å². The Kier molecular flexibility index (Phi) is 4.86. The first-order valence-corrected chi connectivity index (χ1v) is 7.61.